The molecule has 0 bridgehead atoms. The third kappa shape index (κ3) is 4.71. The lowest BCUT2D eigenvalue weighted by molar-refractivity contribution is 0.312. The van der Waals surface area contributed by atoms with Crippen LogP contribution in [-0.4, -0.2) is 46.5 Å². The summed E-state index contributed by atoms with van der Waals surface area (Å²) in [5, 5.41) is 0. The van der Waals surface area contributed by atoms with Crippen molar-refractivity contribution in [1.82, 2.24) is 9.62 Å². The minimum absolute atomic E-state index is 0.450. The van der Waals surface area contributed by atoms with Gasteiger partial charge in [-0.05, 0) is 55.9 Å². The van der Waals surface area contributed by atoms with Crippen molar-refractivity contribution in [1.29, 1.82) is 0 Å². The topological polar surface area (TPSA) is 52.7 Å². The van der Waals surface area contributed by atoms with E-state index in [2.05, 4.69) is 30.5 Å². The van der Waals surface area contributed by atoms with Gasteiger partial charge < -0.3 is 9.80 Å². The number of hydrogen-bond acceptors (Lipinski definition) is 4. The summed E-state index contributed by atoms with van der Waals surface area (Å²) in [6.45, 7) is 4.87. The largest absolute Gasteiger partial charge is 0.369 e. The number of piperazine rings is 1. The number of likely N-dealkylation sites (N-methyl/N-ethyl adjacent to an activating group) is 1. The minimum Gasteiger partial charge on any atom is -0.369 e. The molecule has 0 aliphatic carbocycles. The number of nitrogens with zero attached hydrogens (tertiary/aromatic N) is 2. The first-order chi connectivity index (χ1) is 13.2. The SMILES string of the molecule is CC(NS(=O)(=O)c1cc(Br)ccc1F)c1cc(F)ccc1N1CCN(C)CC1. The van der Waals surface area contributed by atoms with Gasteiger partial charge in [0.05, 0.1) is 0 Å². The second-order valence-electron chi connectivity index (χ2n) is 6.91. The molecule has 1 heterocycles. The lowest BCUT2D eigenvalue weighted by Crippen LogP contribution is -2.45. The molecule has 0 saturated carbocycles. The number of anilines is 1. The molecule has 0 radical (unpaired) electrons. The zero-order valence-corrected chi connectivity index (χ0v) is 18.0. The molecular weight excluding hydrogens is 452 g/mol. The molecule has 3 rings (SSSR count). The predicted molar refractivity (Wildman–Crippen MR) is 109 cm³/mol. The van der Waals surface area contributed by atoms with Crippen LogP contribution in [0, 0.1) is 11.6 Å². The highest BCUT2D eigenvalue weighted by molar-refractivity contribution is 9.10. The molecule has 1 aliphatic rings. The van der Waals surface area contributed by atoms with Crippen molar-refractivity contribution in [3.8, 4) is 0 Å². The van der Waals surface area contributed by atoms with Gasteiger partial charge in [0.1, 0.15) is 16.5 Å². The molecule has 2 aromatic carbocycles. The first kappa shape index (κ1) is 21.2. The van der Waals surface area contributed by atoms with E-state index in [1.54, 1.807) is 13.0 Å². The molecule has 152 valence electrons. The average molecular weight is 474 g/mol. The third-order valence-corrected chi connectivity index (χ3v) is 6.86. The zero-order valence-electron chi connectivity index (χ0n) is 15.6. The Morgan fingerprint density at radius 1 is 1.07 bits per heavy atom. The van der Waals surface area contributed by atoms with Crippen molar-refractivity contribution >= 4 is 31.6 Å². The first-order valence-corrected chi connectivity index (χ1v) is 11.2. The molecule has 2 aromatic rings. The van der Waals surface area contributed by atoms with Gasteiger partial charge in [0, 0.05) is 42.4 Å². The van der Waals surface area contributed by atoms with E-state index in [4.69, 9.17) is 0 Å². The Labute approximate surface area is 172 Å². The quantitative estimate of drug-likeness (QED) is 0.721. The fraction of sp³-hybridized carbons (Fsp3) is 0.368. The van der Waals surface area contributed by atoms with Crippen molar-refractivity contribution in [3.05, 3.63) is 58.1 Å². The molecule has 0 spiro atoms. The molecule has 1 aliphatic heterocycles. The molecule has 1 fully saturated rings. The first-order valence-electron chi connectivity index (χ1n) is 8.88. The Hall–Kier alpha value is -1.55. The van der Waals surface area contributed by atoms with Crippen LogP contribution in [-0.2, 0) is 10.0 Å². The number of benzene rings is 2. The summed E-state index contributed by atoms with van der Waals surface area (Å²) >= 11 is 3.16. The van der Waals surface area contributed by atoms with Gasteiger partial charge in [-0.2, -0.15) is 0 Å². The zero-order chi connectivity index (χ0) is 20.5. The second-order valence-corrected chi connectivity index (χ2v) is 9.51. The van der Waals surface area contributed by atoms with E-state index in [-0.39, 0.29) is 0 Å². The Morgan fingerprint density at radius 3 is 2.43 bits per heavy atom. The average Bonchev–Trinajstić information content (AvgIpc) is 2.64. The Bertz CT molecular complexity index is 964. The molecular formula is C19H22BrF2N3O2S. The fourth-order valence-corrected chi connectivity index (χ4v) is 5.09. The summed E-state index contributed by atoms with van der Waals surface area (Å²) < 4.78 is 56.4. The van der Waals surface area contributed by atoms with Gasteiger partial charge in [-0.25, -0.2) is 21.9 Å². The van der Waals surface area contributed by atoms with E-state index < -0.39 is 32.6 Å². The van der Waals surface area contributed by atoms with Gasteiger partial charge in [-0.3, -0.25) is 0 Å². The molecule has 0 aromatic heterocycles. The molecule has 9 heteroatoms. The minimum atomic E-state index is -4.13. The molecule has 1 saturated heterocycles. The van der Waals surface area contributed by atoms with Crippen LogP contribution in [0.3, 0.4) is 0 Å². The molecule has 0 amide bonds. The number of halogens is 3. The van der Waals surface area contributed by atoms with Gasteiger partial charge in [0.15, 0.2) is 0 Å². The maximum absolute atomic E-state index is 14.1. The highest BCUT2D eigenvalue weighted by Crippen LogP contribution is 2.30. The normalized spacial score (nSPS) is 17.0. The van der Waals surface area contributed by atoms with Crippen molar-refractivity contribution in [2.75, 3.05) is 38.1 Å². The van der Waals surface area contributed by atoms with E-state index in [0.29, 0.717) is 10.0 Å². The summed E-state index contributed by atoms with van der Waals surface area (Å²) in [4.78, 5) is 3.85. The number of nitrogens with one attached hydrogen (secondary N) is 1. The van der Waals surface area contributed by atoms with Crippen LogP contribution in [0.1, 0.15) is 18.5 Å². The van der Waals surface area contributed by atoms with Crippen molar-refractivity contribution in [3.63, 3.8) is 0 Å². The predicted octanol–water partition coefficient (Wildman–Crippen LogP) is 3.52. The van der Waals surface area contributed by atoms with Crippen LogP contribution in [0.25, 0.3) is 0 Å². The van der Waals surface area contributed by atoms with Gasteiger partial charge in [-0.15, -0.1) is 0 Å². The summed E-state index contributed by atoms with van der Waals surface area (Å²) in [7, 11) is -2.10. The summed E-state index contributed by atoms with van der Waals surface area (Å²) in [6, 6.07) is 7.34. The van der Waals surface area contributed by atoms with Gasteiger partial charge in [-0.1, -0.05) is 15.9 Å². The van der Waals surface area contributed by atoms with Crippen LogP contribution in [0.4, 0.5) is 14.5 Å². The van der Waals surface area contributed by atoms with Crippen LogP contribution >= 0.6 is 15.9 Å². The van der Waals surface area contributed by atoms with E-state index in [0.717, 1.165) is 37.9 Å². The van der Waals surface area contributed by atoms with Gasteiger partial charge >= 0.3 is 0 Å². The lowest BCUT2D eigenvalue weighted by atomic mass is 10.0. The smallest absolute Gasteiger partial charge is 0.244 e. The standard InChI is InChI=1S/C19H22BrF2N3O2S/c1-13(23-28(26,27)19-11-14(20)3-5-17(19)22)16-12-15(21)4-6-18(16)25-9-7-24(2)8-10-25/h3-6,11-13,23H,7-10H2,1-2H3. The maximum Gasteiger partial charge on any atom is 0.244 e. The number of sulfonamides is 1. The van der Waals surface area contributed by atoms with Crippen molar-refractivity contribution in [2.45, 2.75) is 17.9 Å². The van der Waals surface area contributed by atoms with Gasteiger partial charge in [0.2, 0.25) is 10.0 Å². The monoisotopic (exact) mass is 473 g/mol. The molecule has 1 unspecified atom stereocenters. The molecule has 1 atom stereocenters. The Morgan fingerprint density at radius 2 is 1.75 bits per heavy atom. The summed E-state index contributed by atoms with van der Waals surface area (Å²) in [6.07, 6.45) is 0. The summed E-state index contributed by atoms with van der Waals surface area (Å²) in [5.41, 5.74) is 1.29. The van der Waals surface area contributed by atoms with Crippen LogP contribution in [0.15, 0.2) is 45.8 Å². The van der Waals surface area contributed by atoms with Crippen molar-refractivity contribution in [2.24, 2.45) is 0 Å². The van der Waals surface area contributed by atoms with E-state index >= 15 is 0 Å². The maximum atomic E-state index is 14.1. The van der Waals surface area contributed by atoms with Gasteiger partial charge in [0.25, 0.3) is 0 Å². The third-order valence-electron chi connectivity index (χ3n) is 4.81. The molecule has 1 N–H and O–H groups in total. The number of hydrogen-bond donors (Lipinski definition) is 1. The van der Waals surface area contributed by atoms with Crippen LogP contribution in [0.5, 0.6) is 0 Å². The van der Waals surface area contributed by atoms with Crippen molar-refractivity contribution < 1.29 is 17.2 Å². The summed E-state index contributed by atoms with van der Waals surface area (Å²) in [5.74, 6) is -1.30. The van der Waals surface area contributed by atoms with E-state index in [9.17, 15) is 17.2 Å². The fourth-order valence-electron chi connectivity index (χ4n) is 3.25. The van der Waals surface area contributed by atoms with E-state index in [1.807, 2.05) is 7.05 Å². The highest BCUT2D eigenvalue weighted by atomic mass is 79.9. The Balaban J connectivity index is 1.91. The lowest BCUT2D eigenvalue weighted by Gasteiger charge is -2.36. The highest BCUT2D eigenvalue weighted by Gasteiger charge is 2.26. The Kier molecular flexibility index (Phi) is 6.38. The second kappa shape index (κ2) is 8.44. The van der Waals surface area contributed by atoms with Crippen LogP contribution < -0.4 is 9.62 Å². The molecule has 5 nitrogen and oxygen atoms in total. The number of rotatable bonds is 5. The van der Waals surface area contributed by atoms with E-state index in [1.165, 1.54) is 24.3 Å². The molecule has 28 heavy (non-hydrogen) atoms. The van der Waals surface area contributed by atoms with Crippen LogP contribution in [0.2, 0.25) is 0 Å².